The molecule has 1 atom stereocenters. The van der Waals surface area contributed by atoms with E-state index in [1.54, 1.807) is 0 Å². The maximum atomic E-state index is 11.7. The van der Waals surface area contributed by atoms with E-state index in [0.717, 1.165) is 19.4 Å². The van der Waals surface area contributed by atoms with Crippen LogP contribution in [0.2, 0.25) is 0 Å². The maximum Gasteiger partial charge on any atom is 0.164 e. The fourth-order valence-corrected chi connectivity index (χ4v) is 1.53. The average Bonchev–Trinajstić information content (AvgIpc) is 2.22. The number of carbonyl (C=O) groups excluding carboxylic acids is 1. The zero-order chi connectivity index (χ0) is 11.7. The lowest BCUT2D eigenvalue weighted by molar-refractivity contribution is -0.134. The van der Waals surface area contributed by atoms with Crippen molar-refractivity contribution in [2.75, 3.05) is 6.61 Å². The minimum absolute atomic E-state index is 0.0885. The number of hydrogen-bond donors (Lipinski definition) is 0. The molecule has 90 valence electrons. The average molecular weight is 214 g/mol. The number of ether oxygens (including phenoxy) is 1. The van der Waals surface area contributed by atoms with Gasteiger partial charge in [0, 0.05) is 12.5 Å². The first-order chi connectivity index (χ1) is 7.13. The third-order valence-corrected chi connectivity index (χ3v) is 2.57. The zero-order valence-corrected chi connectivity index (χ0v) is 10.7. The zero-order valence-electron chi connectivity index (χ0n) is 10.7. The SMILES string of the molecule is CCCCCCO[C@@H](CC)C(=O)C(C)C. The smallest absolute Gasteiger partial charge is 0.164 e. The highest BCUT2D eigenvalue weighted by molar-refractivity contribution is 5.84. The Morgan fingerprint density at radius 2 is 1.80 bits per heavy atom. The highest BCUT2D eigenvalue weighted by atomic mass is 16.5. The first kappa shape index (κ1) is 14.6. The largest absolute Gasteiger partial charge is 0.370 e. The van der Waals surface area contributed by atoms with E-state index in [2.05, 4.69) is 6.92 Å². The summed E-state index contributed by atoms with van der Waals surface area (Å²) in [4.78, 5) is 11.7. The van der Waals surface area contributed by atoms with Crippen molar-refractivity contribution >= 4 is 5.78 Å². The maximum absolute atomic E-state index is 11.7. The molecule has 0 unspecified atom stereocenters. The van der Waals surface area contributed by atoms with Crippen molar-refractivity contribution in [3.8, 4) is 0 Å². The molecule has 0 spiro atoms. The summed E-state index contributed by atoms with van der Waals surface area (Å²) < 4.78 is 5.61. The van der Waals surface area contributed by atoms with Gasteiger partial charge in [0.2, 0.25) is 0 Å². The summed E-state index contributed by atoms with van der Waals surface area (Å²) in [5, 5.41) is 0. The third-order valence-electron chi connectivity index (χ3n) is 2.57. The van der Waals surface area contributed by atoms with Gasteiger partial charge in [0.1, 0.15) is 6.10 Å². The normalized spacial score (nSPS) is 13.1. The molecule has 0 aliphatic rings. The van der Waals surface area contributed by atoms with Crippen LogP contribution in [-0.2, 0) is 9.53 Å². The molecule has 0 aliphatic carbocycles. The molecular weight excluding hydrogens is 188 g/mol. The Bertz CT molecular complexity index is 164. The molecule has 0 heterocycles. The van der Waals surface area contributed by atoms with Crippen LogP contribution in [0.5, 0.6) is 0 Å². The Labute approximate surface area is 94.4 Å². The second kappa shape index (κ2) is 8.90. The molecular formula is C13H26O2. The van der Waals surface area contributed by atoms with Gasteiger partial charge in [-0.2, -0.15) is 0 Å². The Balaban J connectivity index is 3.66. The van der Waals surface area contributed by atoms with Gasteiger partial charge < -0.3 is 4.74 Å². The Kier molecular flexibility index (Phi) is 8.68. The first-order valence-electron chi connectivity index (χ1n) is 6.28. The molecule has 0 fully saturated rings. The monoisotopic (exact) mass is 214 g/mol. The molecule has 15 heavy (non-hydrogen) atoms. The molecule has 2 heteroatoms. The van der Waals surface area contributed by atoms with Crippen LogP contribution in [0, 0.1) is 5.92 Å². The Morgan fingerprint density at radius 3 is 2.27 bits per heavy atom. The predicted octanol–water partition coefficient (Wildman–Crippen LogP) is 3.59. The molecule has 0 saturated heterocycles. The molecule has 0 aliphatic heterocycles. The molecule has 2 nitrogen and oxygen atoms in total. The van der Waals surface area contributed by atoms with Crippen molar-refractivity contribution in [1.29, 1.82) is 0 Å². The van der Waals surface area contributed by atoms with Crippen molar-refractivity contribution in [2.24, 2.45) is 5.92 Å². The van der Waals surface area contributed by atoms with Gasteiger partial charge in [-0.1, -0.05) is 47.0 Å². The summed E-state index contributed by atoms with van der Waals surface area (Å²) in [6, 6.07) is 0. The minimum atomic E-state index is -0.174. The Hall–Kier alpha value is -0.370. The summed E-state index contributed by atoms with van der Waals surface area (Å²) >= 11 is 0. The van der Waals surface area contributed by atoms with Gasteiger partial charge in [0.15, 0.2) is 5.78 Å². The lowest BCUT2D eigenvalue weighted by Crippen LogP contribution is -2.28. The highest BCUT2D eigenvalue weighted by Crippen LogP contribution is 2.09. The number of ketones is 1. The molecule has 0 rings (SSSR count). The van der Waals surface area contributed by atoms with E-state index in [1.165, 1.54) is 19.3 Å². The summed E-state index contributed by atoms with van der Waals surface area (Å²) in [7, 11) is 0. The molecule has 0 saturated carbocycles. The fourth-order valence-electron chi connectivity index (χ4n) is 1.53. The van der Waals surface area contributed by atoms with Crippen LogP contribution >= 0.6 is 0 Å². The van der Waals surface area contributed by atoms with Gasteiger partial charge in [-0.3, -0.25) is 4.79 Å². The number of carbonyl (C=O) groups is 1. The van der Waals surface area contributed by atoms with Crippen molar-refractivity contribution in [3.63, 3.8) is 0 Å². The van der Waals surface area contributed by atoms with Crippen LogP contribution < -0.4 is 0 Å². The van der Waals surface area contributed by atoms with E-state index in [4.69, 9.17) is 4.74 Å². The second-order valence-corrected chi connectivity index (χ2v) is 4.39. The van der Waals surface area contributed by atoms with Crippen LogP contribution in [0.1, 0.15) is 59.8 Å². The van der Waals surface area contributed by atoms with Gasteiger partial charge in [0.05, 0.1) is 0 Å². The molecule has 0 N–H and O–H groups in total. The Morgan fingerprint density at radius 1 is 1.13 bits per heavy atom. The van der Waals surface area contributed by atoms with Gasteiger partial charge in [-0.05, 0) is 12.8 Å². The van der Waals surface area contributed by atoms with Gasteiger partial charge in [-0.25, -0.2) is 0 Å². The van der Waals surface area contributed by atoms with Crippen LogP contribution in [0.3, 0.4) is 0 Å². The van der Waals surface area contributed by atoms with E-state index < -0.39 is 0 Å². The minimum Gasteiger partial charge on any atom is -0.370 e. The summed E-state index contributed by atoms with van der Waals surface area (Å²) in [6.07, 6.45) is 5.41. The summed E-state index contributed by atoms with van der Waals surface area (Å²) in [5.41, 5.74) is 0. The molecule has 0 aromatic rings. The predicted molar refractivity (Wildman–Crippen MR) is 64.0 cm³/mol. The van der Waals surface area contributed by atoms with Gasteiger partial charge in [0.25, 0.3) is 0 Å². The van der Waals surface area contributed by atoms with E-state index >= 15 is 0 Å². The van der Waals surface area contributed by atoms with Gasteiger partial charge in [-0.15, -0.1) is 0 Å². The number of hydrogen-bond acceptors (Lipinski definition) is 2. The van der Waals surface area contributed by atoms with Gasteiger partial charge >= 0.3 is 0 Å². The number of rotatable bonds is 9. The molecule has 0 amide bonds. The summed E-state index contributed by atoms with van der Waals surface area (Å²) in [6.45, 7) is 8.81. The lowest BCUT2D eigenvalue weighted by Gasteiger charge is -2.16. The topological polar surface area (TPSA) is 26.3 Å². The molecule has 0 aromatic heterocycles. The standard InChI is InChI=1S/C13H26O2/c1-5-7-8-9-10-15-12(6-2)13(14)11(3)4/h11-12H,5-10H2,1-4H3/t12-/m0/s1. The molecule has 0 radical (unpaired) electrons. The van der Waals surface area contributed by atoms with E-state index in [1.807, 2.05) is 20.8 Å². The number of Topliss-reactive ketones (excluding diaryl/α,β-unsaturated/α-hetero) is 1. The van der Waals surface area contributed by atoms with Crippen molar-refractivity contribution in [2.45, 2.75) is 65.9 Å². The van der Waals surface area contributed by atoms with E-state index in [-0.39, 0.29) is 17.8 Å². The van der Waals surface area contributed by atoms with Crippen LogP contribution in [0.4, 0.5) is 0 Å². The fraction of sp³-hybridized carbons (Fsp3) is 0.923. The quantitative estimate of drug-likeness (QED) is 0.548. The third kappa shape index (κ3) is 6.67. The van der Waals surface area contributed by atoms with Crippen molar-refractivity contribution < 1.29 is 9.53 Å². The van der Waals surface area contributed by atoms with E-state index in [9.17, 15) is 4.79 Å². The van der Waals surface area contributed by atoms with Crippen LogP contribution in [0.25, 0.3) is 0 Å². The molecule has 0 aromatic carbocycles. The highest BCUT2D eigenvalue weighted by Gasteiger charge is 2.19. The molecule has 0 bridgehead atoms. The first-order valence-corrected chi connectivity index (χ1v) is 6.28. The number of unbranched alkanes of at least 4 members (excludes halogenated alkanes) is 3. The van der Waals surface area contributed by atoms with E-state index in [0.29, 0.717) is 0 Å². The summed E-state index contributed by atoms with van der Waals surface area (Å²) in [5.74, 6) is 0.332. The van der Waals surface area contributed by atoms with Crippen LogP contribution in [0.15, 0.2) is 0 Å². The van der Waals surface area contributed by atoms with Crippen molar-refractivity contribution in [1.82, 2.24) is 0 Å². The lowest BCUT2D eigenvalue weighted by atomic mass is 10.0. The second-order valence-electron chi connectivity index (χ2n) is 4.39. The van der Waals surface area contributed by atoms with Crippen molar-refractivity contribution in [3.05, 3.63) is 0 Å². The van der Waals surface area contributed by atoms with Crippen LogP contribution in [-0.4, -0.2) is 18.5 Å².